The van der Waals surface area contributed by atoms with Crippen molar-refractivity contribution < 1.29 is 17.9 Å². The summed E-state index contributed by atoms with van der Waals surface area (Å²) in [6.45, 7) is 4.36. The molecule has 0 N–H and O–H groups in total. The molecule has 0 bridgehead atoms. The number of carbonyl (C=O) groups excluding carboxylic acids is 1. The first-order valence-corrected chi connectivity index (χ1v) is 11.4. The summed E-state index contributed by atoms with van der Waals surface area (Å²) in [5, 5.41) is 4.07. The third-order valence-corrected chi connectivity index (χ3v) is 7.01. The van der Waals surface area contributed by atoms with Crippen LogP contribution >= 0.6 is 0 Å². The van der Waals surface area contributed by atoms with E-state index in [1.807, 2.05) is 24.3 Å². The Morgan fingerprint density at radius 2 is 1.72 bits per heavy atom. The molecule has 0 atom stereocenters. The number of hydrogen-bond acceptors (Lipinski definition) is 7. The predicted octanol–water partition coefficient (Wildman–Crippen LogP) is 2.64. The number of hydrogen-bond donors (Lipinski definition) is 0. The lowest BCUT2D eigenvalue weighted by Crippen LogP contribution is -2.30. The van der Waals surface area contributed by atoms with Gasteiger partial charge in [0.2, 0.25) is 15.9 Å². The van der Waals surface area contributed by atoms with Crippen molar-refractivity contribution in [1.29, 1.82) is 0 Å². The molecule has 1 aliphatic rings. The largest absolute Gasteiger partial charge is 0.402 e. The second-order valence-electron chi connectivity index (χ2n) is 6.88. The van der Waals surface area contributed by atoms with Crippen molar-refractivity contribution >= 4 is 28.0 Å². The van der Waals surface area contributed by atoms with Crippen molar-refractivity contribution in [2.75, 3.05) is 13.1 Å². The third kappa shape index (κ3) is 4.23. The van der Waals surface area contributed by atoms with E-state index in [0.29, 0.717) is 18.7 Å². The second kappa shape index (κ2) is 8.85. The highest BCUT2D eigenvalue weighted by Gasteiger charge is 2.26. The Morgan fingerprint density at radius 3 is 2.31 bits per heavy atom. The lowest BCUT2D eigenvalue weighted by molar-refractivity contribution is -0.129. The zero-order valence-electron chi connectivity index (χ0n) is 17.5. The summed E-state index contributed by atoms with van der Waals surface area (Å²) >= 11 is 0. The Hall–Kier alpha value is -3.63. The summed E-state index contributed by atoms with van der Waals surface area (Å²) in [4.78, 5) is 20.7. The minimum Gasteiger partial charge on any atom is -0.402 e. The fraction of sp³-hybridized carbons (Fsp3) is 0.182. The van der Waals surface area contributed by atoms with Crippen LogP contribution in [0.15, 0.2) is 76.8 Å². The van der Waals surface area contributed by atoms with Gasteiger partial charge in [0.05, 0.1) is 10.6 Å². The monoisotopic (exact) mass is 451 g/mol. The first-order valence-electron chi connectivity index (χ1n) is 10.0. The van der Waals surface area contributed by atoms with Gasteiger partial charge in [0.15, 0.2) is 5.70 Å². The highest BCUT2D eigenvalue weighted by atomic mass is 32.2. The number of rotatable bonds is 7. The van der Waals surface area contributed by atoms with E-state index in [1.165, 1.54) is 22.8 Å². The molecule has 0 amide bonds. The van der Waals surface area contributed by atoms with E-state index < -0.39 is 16.0 Å². The molecule has 4 rings (SSSR count). The number of nitrogens with zero attached hydrogens (tertiary/aromatic N) is 5. The molecule has 9 nitrogen and oxygen atoms in total. The van der Waals surface area contributed by atoms with E-state index in [1.54, 1.807) is 43.1 Å². The number of cyclic esters (lactones) is 1. The van der Waals surface area contributed by atoms with Crippen molar-refractivity contribution in [1.82, 2.24) is 19.1 Å². The fourth-order valence-electron chi connectivity index (χ4n) is 3.24. The molecule has 1 aliphatic heterocycles. The van der Waals surface area contributed by atoms with E-state index in [4.69, 9.17) is 4.74 Å². The number of aromatic nitrogens is 3. The molecule has 0 aliphatic carbocycles. The normalized spacial score (nSPS) is 15.3. The Bertz CT molecular complexity index is 1280. The minimum atomic E-state index is -3.56. The van der Waals surface area contributed by atoms with Crippen LogP contribution in [0.1, 0.15) is 25.0 Å². The zero-order chi connectivity index (χ0) is 22.7. The SMILES string of the molecule is CCN(CC)S(=O)(=O)c1ccc(C2=N/C(=C\c3ccc(-n4cncn4)cc3)C(=O)O2)cc1. The van der Waals surface area contributed by atoms with Crippen LogP contribution in [0.5, 0.6) is 0 Å². The van der Waals surface area contributed by atoms with Gasteiger partial charge < -0.3 is 4.74 Å². The number of carbonyl (C=O) groups is 1. The van der Waals surface area contributed by atoms with Crippen LogP contribution < -0.4 is 0 Å². The summed E-state index contributed by atoms with van der Waals surface area (Å²) < 4.78 is 33.5. The van der Waals surface area contributed by atoms with Crippen molar-refractivity contribution in [3.8, 4) is 5.69 Å². The Labute approximate surface area is 185 Å². The number of esters is 1. The lowest BCUT2D eigenvalue weighted by atomic mass is 10.2. The van der Waals surface area contributed by atoms with Gasteiger partial charge in [0.1, 0.15) is 12.7 Å². The Morgan fingerprint density at radius 1 is 1.03 bits per heavy atom. The second-order valence-corrected chi connectivity index (χ2v) is 8.82. The number of aliphatic imine (C=N–C) groups is 1. The van der Waals surface area contributed by atoms with E-state index in [-0.39, 0.29) is 16.5 Å². The van der Waals surface area contributed by atoms with Gasteiger partial charge in [-0.05, 0) is 48.0 Å². The molecule has 10 heteroatoms. The van der Waals surface area contributed by atoms with Crippen LogP contribution in [0.3, 0.4) is 0 Å². The molecule has 0 spiro atoms. The van der Waals surface area contributed by atoms with Gasteiger partial charge in [-0.2, -0.15) is 9.40 Å². The molecule has 32 heavy (non-hydrogen) atoms. The summed E-state index contributed by atoms with van der Waals surface area (Å²) in [6.07, 6.45) is 4.67. The van der Waals surface area contributed by atoms with Crippen molar-refractivity contribution in [3.63, 3.8) is 0 Å². The maximum Gasteiger partial charge on any atom is 0.363 e. The van der Waals surface area contributed by atoms with Gasteiger partial charge in [-0.15, -0.1) is 0 Å². The molecule has 3 aromatic rings. The molecule has 0 saturated heterocycles. The summed E-state index contributed by atoms with van der Waals surface area (Å²) in [6, 6.07) is 13.5. The topological polar surface area (TPSA) is 107 Å². The molecule has 0 fully saturated rings. The maximum atomic E-state index is 12.6. The van der Waals surface area contributed by atoms with Crippen LogP contribution in [-0.4, -0.2) is 52.4 Å². The summed E-state index contributed by atoms with van der Waals surface area (Å²) in [5.74, 6) is -0.438. The molecule has 0 unspecified atom stereocenters. The predicted molar refractivity (Wildman–Crippen MR) is 119 cm³/mol. The molecule has 2 aromatic carbocycles. The number of benzene rings is 2. The molecule has 164 valence electrons. The van der Waals surface area contributed by atoms with Gasteiger partial charge in [0.25, 0.3) is 0 Å². The molecule has 2 heterocycles. The number of ether oxygens (including phenoxy) is 1. The lowest BCUT2D eigenvalue weighted by Gasteiger charge is -2.18. The van der Waals surface area contributed by atoms with Gasteiger partial charge in [-0.25, -0.2) is 27.9 Å². The van der Waals surface area contributed by atoms with Crippen LogP contribution in [0.4, 0.5) is 0 Å². The Balaban J connectivity index is 1.55. The maximum absolute atomic E-state index is 12.6. The van der Waals surface area contributed by atoms with Gasteiger partial charge in [-0.3, -0.25) is 0 Å². The first kappa shape index (κ1) is 21.6. The van der Waals surface area contributed by atoms with E-state index in [9.17, 15) is 13.2 Å². The highest BCUT2D eigenvalue weighted by molar-refractivity contribution is 7.89. The zero-order valence-corrected chi connectivity index (χ0v) is 18.4. The molecule has 0 saturated carbocycles. The summed E-state index contributed by atoms with van der Waals surface area (Å²) in [7, 11) is -3.56. The molecular formula is C22H21N5O4S. The molecule has 1 aromatic heterocycles. The van der Waals surface area contributed by atoms with E-state index >= 15 is 0 Å². The third-order valence-electron chi connectivity index (χ3n) is 4.94. The van der Waals surface area contributed by atoms with Crippen molar-refractivity contribution in [2.45, 2.75) is 18.7 Å². The standard InChI is InChI=1S/C22H21N5O4S/c1-3-26(4-2)32(29,30)19-11-7-17(8-12-19)21-25-20(22(28)31-21)13-16-5-9-18(10-6-16)27-15-23-14-24-27/h5-15H,3-4H2,1-2H3/b20-13-. The highest BCUT2D eigenvalue weighted by Crippen LogP contribution is 2.22. The van der Waals surface area contributed by atoms with Gasteiger partial charge in [0, 0.05) is 18.7 Å². The van der Waals surface area contributed by atoms with Gasteiger partial charge >= 0.3 is 5.97 Å². The summed E-state index contributed by atoms with van der Waals surface area (Å²) in [5.41, 5.74) is 2.28. The van der Waals surface area contributed by atoms with E-state index in [2.05, 4.69) is 15.1 Å². The quantitative estimate of drug-likeness (QED) is 0.404. The van der Waals surface area contributed by atoms with Crippen molar-refractivity contribution in [2.24, 2.45) is 4.99 Å². The molecule has 0 radical (unpaired) electrons. The molecular weight excluding hydrogens is 430 g/mol. The number of sulfonamides is 1. The smallest absolute Gasteiger partial charge is 0.363 e. The Kier molecular flexibility index (Phi) is 5.97. The van der Waals surface area contributed by atoms with Crippen LogP contribution in [0.2, 0.25) is 0 Å². The fourth-order valence-corrected chi connectivity index (χ4v) is 4.70. The van der Waals surface area contributed by atoms with E-state index in [0.717, 1.165) is 11.3 Å². The van der Waals surface area contributed by atoms with Gasteiger partial charge in [-0.1, -0.05) is 26.0 Å². The van der Waals surface area contributed by atoms with Crippen molar-refractivity contribution in [3.05, 3.63) is 78.0 Å². The first-order chi connectivity index (χ1) is 15.4. The average molecular weight is 452 g/mol. The average Bonchev–Trinajstić information content (AvgIpc) is 3.46. The van der Waals surface area contributed by atoms with Crippen LogP contribution in [0.25, 0.3) is 11.8 Å². The van der Waals surface area contributed by atoms with Crippen LogP contribution in [0, 0.1) is 0 Å². The van der Waals surface area contributed by atoms with Crippen LogP contribution in [-0.2, 0) is 19.6 Å². The minimum absolute atomic E-state index is 0.132.